The minimum absolute atomic E-state index is 0. The molecule has 5 aromatic heterocycles. The van der Waals surface area contributed by atoms with Crippen molar-refractivity contribution in [2.45, 2.75) is 48.4 Å². The van der Waals surface area contributed by atoms with E-state index < -0.39 is 30.1 Å². The Kier molecular flexibility index (Phi) is 21.6. The number of piperazine rings is 3. The number of carbonyl (C=O) groups is 2. The fourth-order valence-corrected chi connectivity index (χ4v) is 16.4. The van der Waals surface area contributed by atoms with Crippen molar-refractivity contribution in [2.24, 2.45) is 0 Å². The number of hydrogen-bond donors (Lipinski definition) is 5. The average Bonchev–Trinajstić information content (AvgIpc) is 1.61. The van der Waals surface area contributed by atoms with Crippen LogP contribution in [0.3, 0.4) is 0 Å². The molecule has 6 aromatic carbocycles. The molecule has 100 heavy (non-hydrogen) atoms. The van der Waals surface area contributed by atoms with E-state index in [1.807, 2.05) is 48.2 Å². The Bertz CT molecular complexity index is 5060. The zero-order valence-electron chi connectivity index (χ0n) is 54.7. The number of nitrogens with zero attached hydrogens (tertiary/aromatic N) is 12. The van der Waals surface area contributed by atoms with E-state index in [9.17, 15) is 34.8 Å². The number of hydrogen-bond acceptors (Lipinski definition) is 19. The van der Waals surface area contributed by atoms with E-state index in [1.54, 1.807) is 90.7 Å². The molecule has 14 rings (SSSR count). The van der Waals surface area contributed by atoms with Crippen LogP contribution >= 0.6 is 34.7 Å². The van der Waals surface area contributed by atoms with Crippen LogP contribution in [0.15, 0.2) is 191 Å². The van der Waals surface area contributed by atoms with Crippen LogP contribution < -0.4 is 28.9 Å². The second kappa shape index (κ2) is 30.8. The number of amides is 2. The first kappa shape index (κ1) is 70.1. The Morgan fingerprint density at radius 1 is 0.520 bits per heavy atom. The molecule has 0 saturated carbocycles. The van der Waals surface area contributed by atoms with Crippen LogP contribution in [-0.4, -0.2) is 170 Å². The maximum absolute atomic E-state index is 13.0. The molecule has 0 spiro atoms. The van der Waals surface area contributed by atoms with Gasteiger partial charge in [-0.1, -0.05) is 59.6 Å². The summed E-state index contributed by atoms with van der Waals surface area (Å²) < 4.78 is 86.9. The second-order valence-electron chi connectivity index (χ2n) is 23.9. The first-order chi connectivity index (χ1) is 48.1. The van der Waals surface area contributed by atoms with E-state index in [-0.39, 0.29) is 49.0 Å². The summed E-state index contributed by atoms with van der Waals surface area (Å²) in [4.78, 5) is 65.3. The number of rotatable bonds is 17. The van der Waals surface area contributed by atoms with Crippen LogP contribution in [0.4, 0.5) is 33.8 Å². The average molecular weight is 1470 g/mol. The number of carbonyl (C=O) groups excluding carboxylic acids is 2. The van der Waals surface area contributed by atoms with Gasteiger partial charge in [0.15, 0.2) is 0 Å². The molecule has 3 aliphatic rings. The summed E-state index contributed by atoms with van der Waals surface area (Å²) in [6.07, 6.45) is 5.93. The van der Waals surface area contributed by atoms with Crippen molar-refractivity contribution in [3.8, 4) is 0 Å². The van der Waals surface area contributed by atoms with E-state index in [0.717, 1.165) is 83.5 Å². The Morgan fingerprint density at radius 2 is 0.960 bits per heavy atom. The highest BCUT2D eigenvalue weighted by atomic mass is 35.5. The van der Waals surface area contributed by atoms with Gasteiger partial charge < -0.3 is 34.5 Å². The predicted octanol–water partition coefficient (Wildman–Crippen LogP) is 11.2. The lowest BCUT2D eigenvalue weighted by molar-refractivity contribution is -0.130. The lowest BCUT2D eigenvalue weighted by Crippen LogP contribution is -2.49. The number of halogens is 2. The van der Waals surface area contributed by atoms with Crippen LogP contribution in [0, 0.1) is 20.8 Å². The molecule has 8 heterocycles. The normalized spacial score (nSPS) is 14.6. The van der Waals surface area contributed by atoms with Crippen molar-refractivity contribution >= 4 is 132 Å². The summed E-state index contributed by atoms with van der Waals surface area (Å²) in [5, 5.41) is 3.44. The van der Waals surface area contributed by atoms with Gasteiger partial charge in [-0.25, -0.2) is 50.2 Å². The highest BCUT2D eigenvalue weighted by Crippen LogP contribution is 2.30. The Labute approximate surface area is 599 Å². The van der Waals surface area contributed by atoms with Gasteiger partial charge in [-0.2, -0.15) is 4.37 Å². The molecule has 0 aliphatic carbocycles. The van der Waals surface area contributed by atoms with Crippen molar-refractivity contribution in [1.29, 1.82) is 0 Å². The molecule has 31 heteroatoms. The fourth-order valence-electron chi connectivity index (χ4n) is 12.1. The zero-order chi connectivity index (χ0) is 70.1. The van der Waals surface area contributed by atoms with Crippen LogP contribution in [0.1, 0.15) is 44.4 Å². The summed E-state index contributed by atoms with van der Waals surface area (Å²) in [6.45, 7) is 15.4. The Morgan fingerprint density at radius 3 is 1.41 bits per heavy atom. The van der Waals surface area contributed by atoms with Crippen molar-refractivity contribution < 1.29 is 40.5 Å². The molecule has 5 N–H and O–H groups in total. The van der Waals surface area contributed by atoms with Gasteiger partial charge in [0.05, 0.1) is 31.7 Å². The van der Waals surface area contributed by atoms with Gasteiger partial charge in [-0.05, 0) is 147 Å². The summed E-state index contributed by atoms with van der Waals surface area (Å²) in [5.41, 5.74) is 10.2. The standard InChI is InChI=1S/C25H26N6O3S.C24H26N6O2S.C20H19Cl2N5O3S2.4H2/c1-18-22(21-4-2-3-5-23(21)28-18)16-25(32)31-14-12-30(13-15-31)19-6-8-20(9-7-19)35(33,34)29-24-10-11-26-17-27-24;1-18-22(21-4-2-3-5-23(21)27-18)16-29-12-14-30(15-13-29)19-6-8-20(9-7-19)33(31,32)28-24-10-11-25-17-26-24;1-13-23-20(31-24-13)25-32(29,30)16-5-3-15(4-6-16)26-8-10-27(11-9-26)19(28)17-7-2-14(21)12-18(17)22;;;;/h2-11,17,28H,12-16H2,1H3,(H,26,27,29);2-11,17,27H,12-16H2,1H3,(H,25,26,28);2-7,12H,8-11H2,1H3,(H,23,24,25);4*1H. The number of fused-ring (bicyclic) bond motifs is 2. The van der Waals surface area contributed by atoms with E-state index in [1.165, 1.54) is 59.3 Å². The van der Waals surface area contributed by atoms with Crippen molar-refractivity contribution in [3.05, 3.63) is 221 Å². The van der Waals surface area contributed by atoms with Crippen molar-refractivity contribution in [2.75, 3.05) is 107 Å². The smallest absolute Gasteiger partial charge is 0.263 e. The largest absolute Gasteiger partial charge is 0.369 e. The number of aryl methyl sites for hydroxylation is 3. The first-order valence-corrected chi connectivity index (χ1v) is 37.9. The maximum atomic E-state index is 13.0. The van der Waals surface area contributed by atoms with Crippen molar-refractivity contribution in [1.82, 2.24) is 54.0 Å². The number of para-hydroxylation sites is 2. The number of H-pyrrole nitrogens is 2. The van der Waals surface area contributed by atoms with Crippen LogP contribution in [-0.2, 0) is 47.8 Å². The lowest BCUT2D eigenvalue weighted by Gasteiger charge is -2.36. The summed E-state index contributed by atoms with van der Waals surface area (Å²) in [5.74, 6) is 0.961. The molecule has 11 aromatic rings. The number of anilines is 6. The van der Waals surface area contributed by atoms with Gasteiger partial charge in [-0.15, -0.1) is 0 Å². The Balaban J connectivity index is 0.000000194. The summed E-state index contributed by atoms with van der Waals surface area (Å²) in [7, 11) is -11.2. The third-order valence-electron chi connectivity index (χ3n) is 17.4. The molecule has 0 unspecified atom stereocenters. The van der Waals surface area contributed by atoms with Crippen LogP contribution in [0.25, 0.3) is 21.8 Å². The number of sulfonamides is 3. The minimum Gasteiger partial charge on any atom is -0.369 e. The predicted molar refractivity (Wildman–Crippen MR) is 400 cm³/mol. The summed E-state index contributed by atoms with van der Waals surface area (Å²) >= 11 is 13.1. The molecule has 0 radical (unpaired) electrons. The number of benzene rings is 6. The maximum Gasteiger partial charge on any atom is 0.263 e. The van der Waals surface area contributed by atoms with Gasteiger partial charge in [0.25, 0.3) is 36.0 Å². The van der Waals surface area contributed by atoms with Gasteiger partial charge in [0.1, 0.15) is 30.1 Å². The zero-order valence-corrected chi connectivity index (χ0v) is 59.4. The van der Waals surface area contributed by atoms with Gasteiger partial charge in [0.2, 0.25) is 11.0 Å². The molecular weight excluding hydrogens is 1390 g/mol. The molecule has 3 aliphatic heterocycles. The van der Waals surface area contributed by atoms with Gasteiger partial charge in [-0.3, -0.25) is 28.7 Å². The van der Waals surface area contributed by atoms with Crippen LogP contribution in [0.5, 0.6) is 0 Å². The highest BCUT2D eigenvalue weighted by molar-refractivity contribution is 7.93. The van der Waals surface area contributed by atoms with E-state index in [4.69, 9.17) is 23.2 Å². The lowest BCUT2D eigenvalue weighted by atomic mass is 10.1. The van der Waals surface area contributed by atoms with E-state index in [2.05, 4.69) is 104 Å². The summed E-state index contributed by atoms with van der Waals surface area (Å²) in [6, 6.07) is 44.7. The molecule has 3 saturated heterocycles. The second-order valence-corrected chi connectivity index (χ2v) is 30.5. The minimum atomic E-state index is -3.74. The number of aromatic amines is 2. The number of nitrogens with one attached hydrogen (secondary N) is 5. The molecule has 0 atom stereocenters. The van der Waals surface area contributed by atoms with Crippen molar-refractivity contribution in [3.63, 3.8) is 0 Å². The third kappa shape index (κ3) is 16.9. The van der Waals surface area contributed by atoms with Gasteiger partial charge in [0, 0.05) is 170 Å². The van der Waals surface area contributed by atoms with E-state index in [0.29, 0.717) is 80.2 Å². The molecule has 3 fully saturated rings. The molecule has 526 valence electrons. The number of aromatic nitrogens is 8. The topological polar surface area (TPSA) is 301 Å². The van der Waals surface area contributed by atoms with Crippen LogP contribution in [0.2, 0.25) is 10.0 Å². The molecule has 2 amide bonds. The third-order valence-corrected chi connectivity index (χ3v) is 22.9. The SMILES string of the molecule is Cc1[nH]c2ccccc2c1CC(=O)N1CCN(c2ccc(S(=O)(=O)Nc3ccncn3)cc2)CC1.Cc1[nH]c2ccccc2c1CN1CCN(c2ccc(S(=O)(=O)Nc3ccncn3)cc2)CC1.Cc1nsc(NS(=O)(=O)c2ccc(N3CCN(C(=O)c4ccc(Cl)cc4Cl)CC3)cc2)n1.[HH].[HH].[HH].[HH]. The van der Waals surface area contributed by atoms with E-state index >= 15 is 0 Å². The molecule has 0 bridgehead atoms. The monoisotopic (exact) mass is 1470 g/mol. The quantitative estimate of drug-likeness (QED) is 0.0566. The molecule has 25 nitrogen and oxygen atoms in total. The Hall–Kier alpha value is -9.75. The first-order valence-electron chi connectivity index (χ1n) is 32.0. The highest BCUT2D eigenvalue weighted by Gasteiger charge is 2.28. The van der Waals surface area contributed by atoms with Gasteiger partial charge >= 0.3 is 0 Å². The molecular formula is C69H79Cl2N17O8S4. The fraction of sp³-hybridized carbons (Fsp3) is 0.246.